The van der Waals surface area contributed by atoms with Crippen molar-refractivity contribution in [2.24, 2.45) is 23.7 Å². The van der Waals surface area contributed by atoms with Gasteiger partial charge in [0, 0.05) is 17.8 Å². The summed E-state index contributed by atoms with van der Waals surface area (Å²) in [5.74, 6) is 2.44. The minimum Gasteiger partial charge on any atom is -0.352 e. The van der Waals surface area contributed by atoms with Crippen molar-refractivity contribution in [1.29, 1.82) is 0 Å². The van der Waals surface area contributed by atoms with E-state index in [9.17, 15) is 0 Å². The summed E-state index contributed by atoms with van der Waals surface area (Å²) in [6, 6.07) is 0. The van der Waals surface area contributed by atoms with Crippen molar-refractivity contribution in [2.45, 2.75) is 90.6 Å². The summed E-state index contributed by atoms with van der Waals surface area (Å²) in [7, 11) is 0. The van der Waals surface area contributed by atoms with Gasteiger partial charge in [0.2, 0.25) is 0 Å². The first kappa shape index (κ1) is 22.3. The van der Waals surface area contributed by atoms with Crippen LogP contribution in [0.25, 0.3) is 0 Å². The van der Waals surface area contributed by atoms with Crippen molar-refractivity contribution in [1.82, 2.24) is 0 Å². The monoisotopic (exact) mass is 394 g/mol. The molecule has 3 rings (SSSR count). The van der Waals surface area contributed by atoms with Gasteiger partial charge in [0.25, 0.3) is 0 Å². The van der Waals surface area contributed by atoms with Gasteiger partial charge in [0.05, 0.1) is 26.4 Å². The lowest BCUT2D eigenvalue weighted by atomic mass is 9.79. The van der Waals surface area contributed by atoms with Crippen LogP contribution < -0.4 is 0 Å². The molecule has 0 spiro atoms. The normalized spacial score (nSPS) is 37.4. The number of unbranched alkanes of at least 4 members (excludes halogenated alkanes) is 2. The van der Waals surface area contributed by atoms with Gasteiger partial charge in [-0.2, -0.15) is 0 Å². The molecule has 1 aliphatic carbocycles. The number of hydrogen-bond donors (Lipinski definition) is 0. The summed E-state index contributed by atoms with van der Waals surface area (Å²) < 4.78 is 24.0. The van der Waals surface area contributed by atoms with Crippen LogP contribution in [-0.4, -0.2) is 39.0 Å². The van der Waals surface area contributed by atoms with Gasteiger partial charge in [0.1, 0.15) is 0 Å². The Labute approximate surface area is 172 Å². The van der Waals surface area contributed by atoms with Crippen molar-refractivity contribution in [3.05, 3.63) is 12.2 Å². The van der Waals surface area contributed by atoms with Crippen molar-refractivity contribution in [3.8, 4) is 0 Å². The Hall–Kier alpha value is -0.420. The number of allylic oxidation sites excluding steroid dienone is 1. The zero-order valence-electron chi connectivity index (χ0n) is 18.2. The van der Waals surface area contributed by atoms with Gasteiger partial charge in [0.15, 0.2) is 12.6 Å². The quantitative estimate of drug-likeness (QED) is 0.371. The molecule has 1 saturated carbocycles. The molecule has 0 aromatic heterocycles. The van der Waals surface area contributed by atoms with Gasteiger partial charge in [-0.1, -0.05) is 44.8 Å². The average Bonchev–Trinajstić information content (AvgIpc) is 2.75. The van der Waals surface area contributed by atoms with Gasteiger partial charge < -0.3 is 18.9 Å². The standard InChI is InChI=1S/C24H42O4/c1-3-5-6-8-19-9-12-22(13-10-19)24-27-17-21(18-28-24)11-14-23-25-15-20(7-4-2)16-26-23/h4,7,19-24H,3,5-6,8-18H2,1-2H3/t19-,20-,21-,22-,23-,24-. The SMILES string of the molecule is CC=C[C@H]1CO[C@H](CC[C@H]2CO[C@H]([C@H]3CC[C@H](CCCCC)CC3)OC2)OC1. The predicted molar refractivity (Wildman–Crippen MR) is 112 cm³/mol. The Morgan fingerprint density at radius 1 is 0.750 bits per heavy atom. The third-order valence-electron chi connectivity index (χ3n) is 6.75. The van der Waals surface area contributed by atoms with Gasteiger partial charge in [-0.15, -0.1) is 0 Å². The molecule has 2 saturated heterocycles. The van der Waals surface area contributed by atoms with Crippen LogP contribution >= 0.6 is 0 Å². The topological polar surface area (TPSA) is 36.9 Å². The molecule has 0 aromatic carbocycles. The fourth-order valence-electron chi connectivity index (χ4n) is 4.91. The maximum atomic E-state index is 6.14. The van der Waals surface area contributed by atoms with Crippen molar-refractivity contribution < 1.29 is 18.9 Å². The summed E-state index contributed by atoms with van der Waals surface area (Å²) in [5, 5.41) is 0. The molecule has 4 nitrogen and oxygen atoms in total. The number of rotatable bonds is 9. The maximum Gasteiger partial charge on any atom is 0.160 e. The lowest BCUT2D eigenvalue weighted by Crippen LogP contribution is -2.39. The smallest absolute Gasteiger partial charge is 0.160 e. The molecule has 2 aliphatic heterocycles. The molecule has 4 heteroatoms. The fourth-order valence-corrected chi connectivity index (χ4v) is 4.91. The van der Waals surface area contributed by atoms with Gasteiger partial charge in [-0.25, -0.2) is 0 Å². The summed E-state index contributed by atoms with van der Waals surface area (Å²) >= 11 is 0. The molecule has 0 unspecified atom stereocenters. The van der Waals surface area contributed by atoms with E-state index in [1.54, 1.807) is 0 Å². The van der Waals surface area contributed by atoms with Crippen molar-refractivity contribution in [3.63, 3.8) is 0 Å². The van der Waals surface area contributed by atoms with Gasteiger partial charge in [-0.05, 0) is 51.4 Å². The first-order valence-electron chi connectivity index (χ1n) is 11.9. The number of hydrogen-bond acceptors (Lipinski definition) is 4. The maximum absolute atomic E-state index is 6.14. The van der Waals surface area contributed by atoms with E-state index in [-0.39, 0.29) is 12.6 Å². The van der Waals surface area contributed by atoms with Gasteiger partial charge >= 0.3 is 0 Å². The van der Waals surface area contributed by atoms with Crippen LogP contribution in [0.3, 0.4) is 0 Å². The molecular weight excluding hydrogens is 352 g/mol. The first-order chi connectivity index (χ1) is 13.8. The molecule has 0 radical (unpaired) electrons. The van der Waals surface area contributed by atoms with Crippen LogP contribution in [0.4, 0.5) is 0 Å². The molecule has 2 heterocycles. The second-order valence-electron chi connectivity index (χ2n) is 9.14. The average molecular weight is 395 g/mol. The third kappa shape index (κ3) is 7.12. The molecule has 0 aromatic rings. The predicted octanol–water partition coefficient (Wildman–Crippen LogP) is 5.71. The number of ether oxygens (including phenoxy) is 4. The molecule has 0 amide bonds. The Bertz CT molecular complexity index is 428. The van der Waals surface area contributed by atoms with Crippen LogP contribution in [0, 0.1) is 23.7 Å². The molecule has 162 valence electrons. The van der Waals surface area contributed by atoms with Crippen LogP contribution in [0.1, 0.15) is 78.1 Å². The summed E-state index contributed by atoms with van der Waals surface area (Å²) in [6.45, 7) is 7.54. The van der Waals surface area contributed by atoms with Gasteiger partial charge in [-0.3, -0.25) is 0 Å². The van der Waals surface area contributed by atoms with Crippen LogP contribution in [0.5, 0.6) is 0 Å². The lowest BCUT2D eigenvalue weighted by Gasteiger charge is -2.38. The van der Waals surface area contributed by atoms with Crippen LogP contribution in [-0.2, 0) is 18.9 Å². The van der Waals surface area contributed by atoms with E-state index in [0.29, 0.717) is 17.8 Å². The largest absolute Gasteiger partial charge is 0.352 e. The van der Waals surface area contributed by atoms with E-state index >= 15 is 0 Å². The fraction of sp³-hybridized carbons (Fsp3) is 0.917. The highest BCUT2D eigenvalue weighted by molar-refractivity contribution is 4.86. The summed E-state index contributed by atoms with van der Waals surface area (Å²) in [6.07, 6.45) is 17.1. The van der Waals surface area contributed by atoms with E-state index < -0.39 is 0 Å². The highest BCUT2D eigenvalue weighted by atomic mass is 16.7. The van der Waals surface area contributed by atoms with Crippen LogP contribution in [0.15, 0.2) is 12.2 Å². The zero-order valence-corrected chi connectivity index (χ0v) is 18.2. The second kappa shape index (κ2) is 12.3. The molecule has 3 fully saturated rings. The van der Waals surface area contributed by atoms with Crippen molar-refractivity contribution >= 4 is 0 Å². The Morgan fingerprint density at radius 2 is 1.46 bits per heavy atom. The Kier molecular flexibility index (Phi) is 9.79. The summed E-state index contributed by atoms with van der Waals surface area (Å²) in [5.41, 5.74) is 0. The van der Waals surface area contributed by atoms with E-state index in [2.05, 4.69) is 19.1 Å². The minimum absolute atomic E-state index is 0.0385. The van der Waals surface area contributed by atoms with E-state index in [0.717, 1.165) is 45.2 Å². The third-order valence-corrected chi connectivity index (χ3v) is 6.75. The molecule has 3 aliphatic rings. The second-order valence-corrected chi connectivity index (χ2v) is 9.14. The van der Waals surface area contributed by atoms with E-state index in [1.807, 2.05) is 6.92 Å². The van der Waals surface area contributed by atoms with Crippen molar-refractivity contribution in [2.75, 3.05) is 26.4 Å². The minimum atomic E-state index is -0.0535. The van der Waals surface area contributed by atoms with Crippen LogP contribution in [0.2, 0.25) is 0 Å². The molecule has 0 atom stereocenters. The highest BCUT2D eigenvalue weighted by Gasteiger charge is 2.32. The lowest BCUT2D eigenvalue weighted by molar-refractivity contribution is -0.235. The Morgan fingerprint density at radius 3 is 2.11 bits per heavy atom. The van der Waals surface area contributed by atoms with E-state index in [4.69, 9.17) is 18.9 Å². The first-order valence-corrected chi connectivity index (χ1v) is 11.9. The Balaban J connectivity index is 1.26. The van der Waals surface area contributed by atoms with E-state index in [1.165, 1.54) is 51.4 Å². The zero-order chi connectivity index (χ0) is 19.6. The molecule has 0 bridgehead atoms. The highest BCUT2D eigenvalue weighted by Crippen LogP contribution is 2.36. The molecule has 0 N–H and O–H groups in total. The summed E-state index contributed by atoms with van der Waals surface area (Å²) in [4.78, 5) is 0. The molecular formula is C24H42O4. The molecule has 28 heavy (non-hydrogen) atoms.